The van der Waals surface area contributed by atoms with E-state index < -0.39 is 0 Å². The molecule has 120 valence electrons. The summed E-state index contributed by atoms with van der Waals surface area (Å²) in [5.74, 6) is 0.384. The molecule has 0 fully saturated rings. The maximum Gasteiger partial charge on any atom is 0.262 e. The van der Waals surface area contributed by atoms with Gasteiger partial charge >= 0.3 is 0 Å². The number of methoxy groups -OCH3 is 1. The summed E-state index contributed by atoms with van der Waals surface area (Å²) in [5, 5.41) is 5.20. The summed E-state index contributed by atoms with van der Waals surface area (Å²) in [5.41, 5.74) is 0.820. The monoisotopic (exact) mass is 314 g/mol. The maximum atomic E-state index is 12.0. The first-order valence-corrected chi connectivity index (χ1v) is 7.02. The van der Waals surface area contributed by atoms with Crippen molar-refractivity contribution in [2.24, 2.45) is 0 Å². The van der Waals surface area contributed by atoms with Crippen LogP contribution in [0.25, 0.3) is 0 Å². The molecule has 0 radical (unpaired) electrons. The topological polar surface area (TPSA) is 76.7 Å². The number of benzene rings is 2. The van der Waals surface area contributed by atoms with Crippen LogP contribution in [0.5, 0.6) is 11.5 Å². The summed E-state index contributed by atoms with van der Waals surface area (Å²) in [4.78, 5) is 23.8. The number of amides is 2. The van der Waals surface area contributed by atoms with Crippen LogP contribution in [0, 0.1) is 0 Å². The Labute approximate surface area is 134 Å². The number of ether oxygens (including phenoxy) is 2. The minimum Gasteiger partial charge on any atom is -0.493 e. The molecule has 23 heavy (non-hydrogen) atoms. The molecule has 6 nitrogen and oxygen atoms in total. The summed E-state index contributed by atoms with van der Waals surface area (Å²) < 4.78 is 10.6. The Kier molecular flexibility index (Phi) is 5.57. The molecule has 2 amide bonds. The van der Waals surface area contributed by atoms with Gasteiger partial charge in [-0.2, -0.15) is 0 Å². The summed E-state index contributed by atoms with van der Waals surface area (Å²) in [7, 11) is 3.06. The third-order valence-electron chi connectivity index (χ3n) is 3.10. The third kappa shape index (κ3) is 4.23. The quantitative estimate of drug-likeness (QED) is 0.856. The predicted octanol–water partition coefficient (Wildman–Crippen LogP) is 2.07. The van der Waals surface area contributed by atoms with Crippen LogP contribution in [0.4, 0.5) is 5.69 Å². The number of rotatable bonds is 6. The van der Waals surface area contributed by atoms with E-state index in [0.717, 1.165) is 0 Å². The van der Waals surface area contributed by atoms with Crippen molar-refractivity contribution in [3.05, 3.63) is 54.1 Å². The Balaban J connectivity index is 2.02. The van der Waals surface area contributed by atoms with Crippen LogP contribution in [-0.4, -0.2) is 32.6 Å². The second-order valence-electron chi connectivity index (χ2n) is 4.61. The molecule has 2 N–H and O–H groups in total. The van der Waals surface area contributed by atoms with Gasteiger partial charge in [0.05, 0.1) is 18.4 Å². The third-order valence-corrected chi connectivity index (χ3v) is 3.10. The molecule has 0 unspecified atom stereocenters. The minimum atomic E-state index is -0.368. The normalized spacial score (nSPS) is 9.83. The average molecular weight is 314 g/mol. The van der Waals surface area contributed by atoms with E-state index in [0.29, 0.717) is 22.7 Å². The molecule has 6 heteroatoms. The van der Waals surface area contributed by atoms with Crippen molar-refractivity contribution >= 4 is 17.5 Å². The van der Waals surface area contributed by atoms with E-state index in [4.69, 9.17) is 9.47 Å². The molecule has 0 aliphatic heterocycles. The van der Waals surface area contributed by atoms with Crippen molar-refractivity contribution < 1.29 is 19.1 Å². The summed E-state index contributed by atoms with van der Waals surface area (Å²) in [6, 6.07) is 13.8. The fraction of sp³-hybridized carbons (Fsp3) is 0.176. The van der Waals surface area contributed by atoms with Crippen molar-refractivity contribution in [1.29, 1.82) is 0 Å². The fourth-order valence-corrected chi connectivity index (χ4v) is 1.99. The minimum absolute atomic E-state index is 0.192. The Hall–Kier alpha value is -3.02. The molecule has 0 spiro atoms. The number of hydrogen-bond acceptors (Lipinski definition) is 4. The Morgan fingerprint density at radius 1 is 1.00 bits per heavy atom. The molecule has 0 bridgehead atoms. The first-order valence-electron chi connectivity index (χ1n) is 7.02. The van der Waals surface area contributed by atoms with Crippen molar-refractivity contribution in [3.63, 3.8) is 0 Å². The lowest BCUT2D eigenvalue weighted by atomic mass is 10.1. The van der Waals surface area contributed by atoms with Gasteiger partial charge in [0.2, 0.25) is 0 Å². The molecule has 0 saturated carbocycles. The molecule has 0 aliphatic rings. The van der Waals surface area contributed by atoms with Crippen LogP contribution in [0.1, 0.15) is 10.4 Å². The van der Waals surface area contributed by atoms with Crippen LogP contribution in [0.2, 0.25) is 0 Å². The second-order valence-corrected chi connectivity index (χ2v) is 4.61. The molecule has 0 aliphatic carbocycles. The largest absolute Gasteiger partial charge is 0.493 e. The van der Waals surface area contributed by atoms with Gasteiger partial charge in [0.1, 0.15) is 0 Å². The maximum absolute atomic E-state index is 12.0. The second kappa shape index (κ2) is 7.84. The van der Waals surface area contributed by atoms with E-state index in [2.05, 4.69) is 10.6 Å². The van der Waals surface area contributed by atoms with Gasteiger partial charge in [0, 0.05) is 7.05 Å². The van der Waals surface area contributed by atoms with Crippen molar-refractivity contribution in [2.75, 3.05) is 26.1 Å². The van der Waals surface area contributed by atoms with E-state index in [-0.39, 0.29) is 18.4 Å². The number of para-hydroxylation sites is 3. The lowest BCUT2D eigenvalue weighted by Gasteiger charge is -2.12. The fourth-order valence-electron chi connectivity index (χ4n) is 1.99. The van der Waals surface area contributed by atoms with E-state index in [1.807, 2.05) is 6.07 Å². The molecule has 0 saturated heterocycles. The highest BCUT2D eigenvalue weighted by Gasteiger charge is 2.12. The SMILES string of the molecule is CNC(=O)c1ccccc1NC(=O)COc1ccccc1OC. The molecule has 2 rings (SSSR count). The van der Waals surface area contributed by atoms with Gasteiger partial charge < -0.3 is 20.1 Å². The summed E-state index contributed by atoms with van der Waals surface area (Å²) >= 11 is 0. The Morgan fingerprint density at radius 2 is 1.65 bits per heavy atom. The van der Waals surface area contributed by atoms with Crippen molar-refractivity contribution in [2.45, 2.75) is 0 Å². The van der Waals surface area contributed by atoms with Gasteiger partial charge in [0.25, 0.3) is 11.8 Å². The van der Waals surface area contributed by atoms with Gasteiger partial charge in [0.15, 0.2) is 18.1 Å². The number of anilines is 1. The van der Waals surface area contributed by atoms with Gasteiger partial charge in [-0.1, -0.05) is 24.3 Å². The van der Waals surface area contributed by atoms with Crippen molar-refractivity contribution in [3.8, 4) is 11.5 Å². The van der Waals surface area contributed by atoms with Crippen LogP contribution >= 0.6 is 0 Å². The highest BCUT2D eigenvalue weighted by molar-refractivity contribution is 6.03. The molecular weight excluding hydrogens is 296 g/mol. The zero-order valence-corrected chi connectivity index (χ0v) is 13.0. The molecule has 0 aromatic heterocycles. The number of nitrogens with one attached hydrogen (secondary N) is 2. The van der Waals surface area contributed by atoms with Gasteiger partial charge in [-0.3, -0.25) is 9.59 Å². The van der Waals surface area contributed by atoms with Gasteiger partial charge in [-0.25, -0.2) is 0 Å². The van der Waals surface area contributed by atoms with Gasteiger partial charge in [-0.15, -0.1) is 0 Å². The molecule has 0 atom stereocenters. The van der Waals surface area contributed by atoms with E-state index >= 15 is 0 Å². The Bertz CT molecular complexity index is 700. The predicted molar refractivity (Wildman–Crippen MR) is 87.0 cm³/mol. The number of carbonyl (C=O) groups excluding carboxylic acids is 2. The van der Waals surface area contributed by atoms with Crippen LogP contribution < -0.4 is 20.1 Å². The van der Waals surface area contributed by atoms with Gasteiger partial charge in [-0.05, 0) is 24.3 Å². The number of hydrogen-bond donors (Lipinski definition) is 2. The molecule has 2 aromatic rings. The molecule has 0 heterocycles. The zero-order valence-electron chi connectivity index (χ0n) is 13.0. The van der Waals surface area contributed by atoms with Crippen LogP contribution in [-0.2, 0) is 4.79 Å². The van der Waals surface area contributed by atoms with E-state index in [1.54, 1.807) is 42.5 Å². The molecule has 2 aromatic carbocycles. The first-order chi connectivity index (χ1) is 11.2. The number of carbonyl (C=O) groups is 2. The summed E-state index contributed by atoms with van der Waals surface area (Å²) in [6.45, 7) is -0.192. The summed E-state index contributed by atoms with van der Waals surface area (Å²) in [6.07, 6.45) is 0. The standard InChI is InChI=1S/C17H18N2O4/c1-18-17(21)12-7-3-4-8-13(12)19-16(20)11-23-15-10-6-5-9-14(15)22-2/h3-10H,11H2,1-2H3,(H,18,21)(H,19,20). The lowest BCUT2D eigenvalue weighted by Crippen LogP contribution is -2.24. The highest BCUT2D eigenvalue weighted by Crippen LogP contribution is 2.25. The smallest absolute Gasteiger partial charge is 0.262 e. The lowest BCUT2D eigenvalue weighted by molar-refractivity contribution is -0.118. The van der Waals surface area contributed by atoms with Crippen LogP contribution in [0.3, 0.4) is 0 Å². The average Bonchev–Trinajstić information content (AvgIpc) is 2.60. The first kappa shape index (κ1) is 16.4. The zero-order chi connectivity index (χ0) is 16.7. The highest BCUT2D eigenvalue weighted by atomic mass is 16.5. The van der Waals surface area contributed by atoms with Crippen LogP contribution in [0.15, 0.2) is 48.5 Å². The molecular formula is C17H18N2O4. The van der Waals surface area contributed by atoms with Crippen molar-refractivity contribution in [1.82, 2.24) is 5.32 Å². The van der Waals surface area contributed by atoms with E-state index in [9.17, 15) is 9.59 Å². The Morgan fingerprint density at radius 3 is 2.35 bits per heavy atom. The van der Waals surface area contributed by atoms with E-state index in [1.165, 1.54) is 14.2 Å².